The van der Waals surface area contributed by atoms with E-state index in [9.17, 15) is 0 Å². The molecular weight excluding hydrogens is 403 g/mol. The van der Waals surface area contributed by atoms with E-state index in [2.05, 4.69) is 37.5 Å². The summed E-state index contributed by atoms with van der Waals surface area (Å²) in [6, 6.07) is 7.92. The number of pyridine rings is 1. The normalized spacial score (nSPS) is 14.7. The summed E-state index contributed by atoms with van der Waals surface area (Å²) in [5.74, 6) is 1.78. The molecule has 0 spiro atoms. The minimum Gasteiger partial charge on any atom is -0.454 e. The first-order valence-corrected chi connectivity index (χ1v) is 8.57. The van der Waals surface area contributed by atoms with Crippen LogP contribution in [0.4, 0.5) is 0 Å². The van der Waals surface area contributed by atoms with E-state index in [0.717, 1.165) is 52.7 Å². The van der Waals surface area contributed by atoms with Crippen LogP contribution >= 0.6 is 22.6 Å². The molecule has 0 amide bonds. The lowest BCUT2D eigenvalue weighted by Crippen LogP contribution is -2.30. The van der Waals surface area contributed by atoms with Crippen molar-refractivity contribution in [3.63, 3.8) is 0 Å². The van der Waals surface area contributed by atoms with E-state index in [4.69, 9.17) is 9.40 Å². The zero-order valence-electron chi connectivity index (χ0n) is 12.4. The van der Waals surface area contributed by atoms with Crippen LogP contribution in [0.3, 0.4) is 0 Å². The summed E-state index contributed by atoms with van der Waals surface area (Å²) in [5, 5.41) is 0. The van der Waals surface area contributed by atoms with Crippen molar-refractivity contribution in [1.29, 1.82) is 0 Å². The molecule has 3 aromatic heterocycles. The Labute approximate surface area is 147 Å². The first-order valence-electron chi connectivity index (χ1n) is 7.50. The van der Waals surface area contributed by atoms with E-state index in [0.29, 0.717) is 0 Å². The molecule has 0 radical (unpaired) electrons. The van der Waals surface area contributed by atoms with Gasteiger partial charge in [-0.1, -0.05) is 0 Å². The van der Waals surface area contributed by atoms with Crippen LogP contribution in [-0.4, -0.2) is 26.4 Å². The first-order chi connectivity index (χ1) is 11.3. The van der Waals surface area contributed by atoms with Crippen molar-refractivity contribution in [1.82, 2.24) is 19.9 Å². The van der Waals surface area contributed by atoms with Gasteiger partial charge in [0.05, 0.1) is 12.2 Å². The SMILES string of the molecule is Ic1ccc(CN2CCc3nc(-c4ccncc4)ncc3C2)o1. The molecule has 0 aliphatic carbocycles. The van der Waals surface area contributed by atoms with Gasteiger partial charge in [0.25, 0.3) is 0 Å². The summed E-state index contributed by atoms with van der Waals surface area (Å²) >= 11 is 2.19. The third-order valence-electron chi connectivity index (χ3n) is 3.96. The molecule has 23 heavy (non-hydrogen) atoms. The largest absolute Gasteiger partial charge is 0.454 e. The Morgan fingerprint density at radius 3 is 2.83 bits per heavy atom. The topological polar surface area (TPSA) is 55.1 Å². The second kappa shape index (κ2) is 6.37. The number of furan rings is 1. The fourth-order valence-electron chi connectivity index (χ4n) is 2.81. The van der Waals surface area contributed by atoms with Gasteiger partial charge >= 0.3 is 0 Å². The number of aromatic nitrogens is 3. The molecule has 0 bridgehead atoms. The molecule has 0 unspecified atom stereocenters. The summed E-state index contributed by atoms with van der Waals surface area (Å²) in [6.45, 7) is 2.68. The maximum atomic E-state index is 5.66. The van der Waals surface area contributed by atoms with Crippen molar-refractivity contribution in [2.45, 2.75) is 19.5 Å². The molecule has 116 valence electrons. The van der Waals surface area contributed by atoms with E-state index < -0.39 is 0 Å². The van der Waals surface area contributed by atoms with Gasteiger partial charge in [-0.25, -0.2) is 9.97 Å². The minimum atomic E-state index is 0.778. The van der Waals surface area contributed by atoms with Crippen LogP contribution in [0.5, 0.6) is 0 Å². The van der Waals surface area contributed by atoms with E-state index in [1.807, 2.05) is 30.5 Å². The predicted molar refractivity (Wildman–Crippen MR) is 94.5 cm³/mol. The van der Waals surface area contributed by atoms with E-state index in [-0.39, 0.29) is 0 Å². The molecule has 0 N–H and O–H groups in total. The molecule has 5 nitrogen and oxygen atoms in total. The monoisotopic (exact) mass is 418 g/mol. The standard InChI is InChI=1S/C17H15IN4O/c18-16-2-1-14(23-16)11-22-8-5-15-13(10-22)9-20-17(21-15)12-3-6-19-7-4-12/h1-4,6-7,9H,5,8,10-11H2. The second-order valence-electron chi connectivity index (χ2n) is 5.57. The summed E-state index contributed by atoms with van der Waals surface area (Å²) in [7, 11) is 0. The zero-order valence-corrected chi connectivity index (χ0v) is 14.6. The summed E-state index contributed by atoms with van der Waals surface area (Å²) in [4.78, 5) is 15.7. The Balaban J connectivity index is 1.52. The number of rotatable bonds is 3. The van der Waals surface area contributed by atoms with Crippen LogP contribution in [0, 0.1) is 3.77 Å². The lowest BCUT2D eigenvalue weighted by Gasteiger charge is -2.27. The van der Waals surface area contributed by atoms with E-state index in [1.165, 1.54) is 5.56 Å². The Hall–Kier alpha value is -1.80. The molecule has 0 saturated heterocycles. The quantitative estimate of drug-likeness (QED) is 0.612. The highest BCUT2D eigenvalue weighted by atomic mass is 127. The molecular formula is C17H15IN4O. The van der Waals surface area contributed by atoms with Crippen molar-refractivity contribution in [2.24, 2.45) is 0 Å². The third kappa shape index (κ3) is 3.28. The molecule has 1 aliphatic rings. The van der Waals surface area contributed by atoms with Gasteiger partial charge in [-0.05, 0) is 46.9 Å². The summed E-state index contributed by atoms with van der Waals surface area (Å²) in [6.07, 6.45) is 6.43. The average molecular weight is 418 g/mol. The number of nitrogens with zero attached hydrogens (tertiary/aromatic N) is 4. The number of halogens is 1. The van der Waals surface area contributed by atoms with Crippen LogP contribution in [-0.2, 0) is 19.5 Å². The third-order valence-corrected chi connectivity index (χ3v) is 4.54. The fourth-order valence-corrected chi connectivity index (χ4v) is 3.27. The van der Waals surface area contributed by atoms with Gasteiger partial charge in [-0.15, -0.1) is 0 Å². The van der Waals surface area contributed by atoms with Crippen LogP contribution in [0.25, 0.3) is 11.4 Å². The average Bonchev–Trinajstić information content (AvgIpc) is 3.00. The van der Waals surface area contributed by atoms with Crippen LogP contribution < -0.4 is 0 Å². The van der Waals surface area contributed by atoms with Crippen molar-refractivity contribution in [3.8, 4) is 11.4 Å². The van der Waals surface area contributed by atoms with Gasteiger partial charge in [0.1, 0.15) is 5.76 Å². The molecule has 4 rings (SSSR count). The molecule has 3 aromatic rings. The van der Waals surface area contributed by atoms with Gasteiger partial charge in [0.15, 0.2) is 9.59 Å². The molecule has 6 heteroatoms. The lowest BCUT2D eigenvalue weighted by molar-refractivity contribution is 0.222. The van der Waals surface area contributed by atoms with Crippen molar-refractivity contribution in [3.05, 3.63) is 63.6 Å². The lowest BCUT2D eigenvalue weighted by atomic mass is 10.1. The first kappa shape index (κ1) is 14.8. The molecule has 0 saturated carbocycles. The highest BCUT2D eigenvalue weighted by molar-refractivity contribution is 14.1. The Morgan fingerprint density at radius 2 is 2.04 bits per heavy atom. The molecule has 0 aromatic carbocycles. The second-order valence-corrected chi connectivity index (χ2v) is 6.63. The highest BCUT2D eigenvalue weighted by Crippen LogP contribution is 2.22. The Morgan fingerprint density at radius 1 is 1.17 bits per heavy atom. The van der Waals surface area contributed by atoms with Gasteiger partial charge < -0.3 is 4.42 Å². The minimum absolute atomic E-state index is 0.778. The maximum absolute atomic E-state index is 5.66. The fraction of sp³-hybridized carbons (Fsp3) is 0.235. The maximum Gasteiger partial charge on any atom is 0.164 e. The molecule has 0 fully saturated rings. The smallest absolute Gasteiger partial charge is 0.164 e. The van der Waals surface area contributed by atoms with E-state index in [1.54, 1.807) is 12.4 Å². The summed E-state index contributed by atoms with van der Waals surface area (Å²) in [5.41, 5.74) is 3.36. The number of hydrogen-bond donors (Lipinski definition) is 0. The molecule has 1 aliphatic heterocycles. The Bertz CT molecular complexity index is 818. The molecule has 0 atom stereocenters. The van der Waals surface area contributed by atoms with Crippen LogP contribution in [0.15, 0.2) is 47.3 Å². The number of fused-ring (bicyclic) bond motifs is 1. The van der Waals surface area contributed by atoms with Gasteiger partial charge in [0, 0.05) is 49.2 Å². The Kier molecular flexibility index (Phi) is 4.09. The van der Waals surface area contributed by atoms with Crippen molar-refractivity contribution in [2.75, 3.05) is 6.54 Å². The predicted octanol–water partition coefficient (Wildman–Crippen LogP) is 3.29. The van der Waals surface area contributed by atoms with Crippen LogP contribution in [0.1, 0.15) is 17.0 Å². The van der Waals surface area contributed by atoms with E-state index >= 15 is 0 Å². The van der Waals surface area contributed by atoms with Crippen molar-refractivity contribution >= 4 is 22.6 Å². The van der Waals surface area contributed by atoms with Gasteiger partial charge in [-0.2, -0.15) is 0 Å². The van der Waals surface area contributed by atoms with Gasteiger partial charge in [-0.3, -0.25) is 9.88 Å². The van der Waals surface area contributed by atoms with Crippen LogP contribution in [0.2, 0.25) is 0 Å². The number of hydrogen-bond acceptors (Lipinski definition) is 5. The zero-order chi connectivity index (χ0) is 15.6. The highest BCUT2D eigenvalue weighted by Gasteiger charge is 2.19. The van der Waals surface area contributed by atoms with Gasteiger partial charge in [0.2, 0.25) is 0 Å². The summed E-state index contributed by atoms with van der Waals surface area (Å²) < 4.78 is 6.59. The van der Waals surface area contributed by atoms with Crippen molar-refractivity contribution < 1.29 is 4.42 Å². The molecule has 4 heterocycles.